The van der Waals surface area contributed by atoms with Crippen LogP contribution in [0.1, 0.15) is 67.8 Å². The Labute approximate surface area is 158 Å². The minimum atomic E-state index is -0.587. The van der Waals surface area contributed by atoms with Crippen LogP contribution in [0.5, 0.6) is 0 Å². The summed E-state index contributed by atoms with van der Waals surface area (Å²) >= 11 is 1.35. The first-order valence-corrected chi connectivity index (χ1v) is 9.74. The van der Waals surface area contributed by atoms with Crippen molar-refractivity contribution < 1.29 is 9.59 Å². The van der Waals surface area contributed by atoms with Gasteiger partial charge in [-0.3, -0.25) is 9.59 Å². The van der Waals surface area contributed by atoms with E-state index in [1.165, 1.54) is 11.3 Å². The Balaban J connectivity index is 2.32. The van der Waals surface area contributed by atoms with Crippen molar-refractivity contribution in [3.63, 3.8) is 0 Å². The second kappa shape index (κ2) is 7.70. The molecule has 1 atom stereocenters. The molecule has 2 aromatic rings. The largest absolute Gasteiger partial charge is 0.354 e. The number of nitrogens with zero attached hydrogens (tertiary/aromatic N) is 2. The summed E-state index contributed by atoms with van der Waals surface area (Å²) in [7, 11) is 0. The predicted molar refractivity (Wildman–Crippen MR) is 106 cm³/mol. The first-order valence-electron chi connectivity index (χ1n) is 8.93. The number of thiophene rings is 1. The molecule has 2 aromatic heterocycles. The number of amides is 2. The van der Waals surface area contributed by atoms with Crippen molar-refractivity contribution in [2.75, 3.05) is 6.54 Å². The molecule has 0 saturated heterocycles. The normalized spacial score (nSPS) is 12.9. The van der Waals surface area contributed by atoms with E-state index in [4.69, 9.17) is 0 Å². The van der Waals surface area contributed by atoms with Gasteiger partial charge in [-0.05, 0) is 32.8 Å². The third-order valence-corrected chi connectivity index (χ3v) is 5.32. The van der Waals surface area contributed by atoms with Gasteiger partial charge in [0.15, 0.2) is 0 Å². The summed E-state index contributed by atoms with van der Waals surface area (Å²) in [5, 5.41) is 6.50. The number of carbonyl (C=O) groups excluding carboxylic acids is 2. The SMILES string of the molecule is CCCNC(=O)[C@H](C)NC(=O)c1sc2nc(C(C)(C)C)nc(C)c2c1C. The summed E-state index contributed by atoms with van der Waals surface area (Å²) in [4.78, 5) is 35.4. The highest BCUT2D eigenvalue weighted by atomic mass is 32.1. The van der Waals surface area contributed by atoms with Gasteiger partial charge >= 0.3 is 0 Å². The van der Waals surface area contributed by atoms with Crippen molar-refractivity contribution in [3.8, 4) is 0 Å². The molecule has 0 radical (unpaired) electrons. The average Bonchev–Trinajstić information content (AvgIpc) is 2.89. The van der Waals surface area contributed by atoms with Crippen LogP contribution < -0.4 is 10.6 Å². The Bertz CT molecular complexity index is 836. The molecule has 2 heterocycles. The predicted octanol–water partition coefficient (Wildman–Crippen LogP) is 3.25. The van der Waals surface area contributed by atoms with E-state index in [1.807, 2.05) is 20.8 Å². The minimum Gasteiger partial charge on any atom is -0.354 e. The second-order valence-electron chi connectivity index (χ2n) is 7.61. The maximum Gasteiger partial charge on any atom is 0.262 e. The summed E-state index contributed by atoms with van der Waals surface area (Å²) in [5.41, 5.74) is 1.58. The number of nitrogens with one attached hydrogen (secondary N) is 2. The standard InChI is InChI=1S/C19H28N4O2S/c1-8-9-20-15(24)12(4)21-16(25)14-10(2)13-11(3)22-18(19(5,6)7)23-17(13)26-14/h12H,8-9H2,1-7H3,(H,20,24)(H,21,25)/t12-/m0/s1. The molecular formula is C19H28N4O2S. The van der Waals surface area contributed by atoms with Gasteiger partial charge in [-0.15, -0.1) is 11.3 Å². The molecule has 6 nitrogen and oxygen atoms in total. The van der Waals surface area contributed by atoms with Gasteiger partial charge < -0.3 is 10.6 Å². The first kappa shape index (κ1) is 20.3. The molecule has 2 amide bonds. The second-order valence-corrected chi connectivity index (χ2v) is 8.60. The van der Waals surface area contributed by atoms with Crippen LogP contribution in [0.25, 0.3) is 10.2 Å². The molecule has 0 aliphatic carbocycles. The fraction of sp³-hybridized carbons (Fsp3) is 0.579. The van der Waals surface area contributed by atoms with Gasteiger partial charge in [0.05, 0.1) is 10.6 Å². The number of hydrogen-bond acceptors (Lipinski definition) is 5. The first-order chi connectivity index (χ1) is 12.1. The molecule has 2 N–H and O–H groups in total. The van der Waals surface area contributed by atoms with Crippen LogP contribution in [0.15, 0.2) is 0 Å². The lowest BCUT2D eigenvalue weighted by Crippen LogP contribution is -2.44. The summed E-state index contributed by atoms with van der Waals surface area (Å²) in [5.74, 6) is 0.342. The third-order valence-electron chi connectivity index (χ3n) is 4.14. The quantitative estimate of drug-likeness (QED) is 0.839. The summed E-state index contributed by atoms with van der Waals surface area (Å²) in [6.07, 6.45) is 0.857. The van der Waals surface area contributed by atoms with Crippen LogP contribution in [-0.4, -0.2) is 34.4 Å². The Morgan fingerprint density at radius 1 is 1.19 bits per heavy atom. The van der Waals surface area contributed by atoms with E-state index in [0.29, 0.717) is 11.4 Å². The molecule has 0 aromatic carbocycles. The highest BCUT2D eigenvalue weighted by Crippen LogP contribution is 2.33. The smallest absolute Gasteiger partial charge is 0.262 e. The molecule has 0 saturated carbocycles. The zero-order valence-electron chi connectivity index (χ0n) is 16.6. The lowest BCUT2D eigenvalue weighted by Gasteiger charge is -2.16. The van der Waals surface area contributed by atoms with E-state index in [0.717, 1.165) is 33.7 Å². The maximum absolute atomic E-state index is 12.7. The fourth-order valence-electron chi connectivity index (χ4n) is 2.62. The van der Waals surface area contributed by atoms with Crippen molar-refractivity contribution in [2.45, 2.75) is 66.3 Å². The Kier molecular flexibility index (Phi) is 6.01. The van der Waals surface area contributed by atoms with Crippen LogP contribution in [0, 0.1) is 13.8 Å². The van der Waals surface area contributed by atoms with E-state index in [1.54, 1.807) is 6.92 Å². The van der Waals surface area contributed by atoms with E-state index in [2.05, 4.69) is 41.4 Å². The monoisotopic (exact) mass is 376 g/mol. The summed E-state index contributed by atoms with van der Waals surface area (Å²) < 4.78 is 0. The highest BCUT2D eigenvalue weighted by Gasteiger charge is 2.24. The number of rotatable bonds is 5. The number of fused-ring (bicyclic) bond motifs is 1. The van der Waals surface area contributed by atoms with Gasteiger partial charge in [0.1, 0.15) is 16.7 Å². The molecule has 0 bridgehead atoms. The number of aryl methyl sites for hydroxylation is 2. The van der Waals surface area contributed by atoms with Crippen LogP contribution in [0.3, 0.4) is 0 Å². The molecule has 2 rings (SSSR count). The molecule has 0 aliphatic rings. The van der Waals surface area contributed by atoms with Gasteiger partial charge in [-0.2, -0.15) is 0 Å². The van der Waals surface area contributed by atoms with Crippen LogP contribution in [-0.2, 0) is 10.2 Å². The molecule has 7 heteroatoms. The molecule has 0 fully saturated rings. The molecule has 26 heavy (non-hydrogen) atoms. The van der Waals surface area contributed by atoms with Crippen LogP contribution in [0.2, 0.25) is 0 Å². The van der Waals surface area contributed by atoms with E-state index >= 15 is 0 Å². The molecule has 0 unspecified atom stereocenters. The average molecular weight is 377 g/mol. The van der Waals surface area contributed by atoms with Gasteiger partial charge in [0, 0.05) is 17.3 Å². The van der Waals surface area contributed by atoms with Gasteiger partial charge in [-0.1, -0.05) is 27.7 Å². The number of hydrogen-bond donors (Lipinski definition) is 2. The Morgan fingerprint density at radius 3 is 2.42 bits per heavy atom. The van der Waals surface area contributed by atoms with E-state index in [-0.39, 0.29) is 17.2 Å². The van der Waals surface area contributed by atoms with Gasteiger partial charge in [0.2, 0.25) is 5.91 Å². The Hall–Kier alpha value is -2.02. The van der Waals surface area contributed by atoms with Gasteiger partial charge in [0.25, 0.3) is 5.91 Å². The van der Waals surface area contributed by atoms with Crippen molar-refractivity contribution in [3.05, 3.63) is 22.0 Å². The van der Waals surface area contributed by atoms with E-state index < -0.39 is 6.04 Å². The van der Waals surface area contributed by atoms with Crippen molar-refractivity contribution in [1.29, 1.82) is 0 Å². The Morgan fingerprint density at radius 2 is 1.85 bits per heavy atom. The molecule has 0 aliphatic heterocycles. The topological polar surface area (TPSA) is 84.0 Å². The number of aromatic nitrogens is 2. The molecular weight excluding hydrogens is 348 g/mol. The zero-order chi connectivity index (χ0) is 19.6. The lowest BCUT2D eigenvalue weighted by molar-refractivity contribution is -0.122. The molecule has 142 valence electrons. The maximum atomic E-state index is 12.7. The van der Waals surface area contributed by atoms with Crippen LogP contribution in [0.4, 0.5) is 0 Å². The van der Waals surface area contributed by atoms with Crippen LogP contribution >= 0.6 is 11.3 Å². The van der Waals surface area contributed by atoms with Gasteiger partial charge in [-0.25, -0.2) is 9.97 Å². The van der Waals surface area contributed by atoms with Crippen molar-refractivity contribution in [2.24, 2.45) is 0 Å². The lowest BCUT2D eigenvalue weighted by atomic mass is 9.95. The number of carbonyl (C=O) groups is 2. The summed E-state index contributed by atoms with van der Waals surface area (Å²) in [6, 6.07) is -0.587. The fourth-order valence-corrected chi connectivity index (χ4v) is 3.76. The summed E-state index contributed by atoms with van der Waals surface area (Å²) in [6.45, 7) is 14.3. The van der Waals surface area contributed by atoms with Crippen molar-refractivity contribution in [1.82, 2.24) is 20.6 Å². The third kappa shape index (κ3) is 4.20. The zero-order valence-corrected chi connectivity index (χ0v) is 17.4. The highest BCUT2D eigenvalue weighted by molar-refractivity contribution is 7.20. The molecule has 0 spiro atoms. The van der Waals surface area contributed by atoms with Crippen molar-refractivity contribution >= 4 is 33.4 Å². The minimum absolute atomic E-state index is 0.162. The van der Waals surface area contributed by atoms with E-state index in [9.17, 15) is 9.59 Å².